The average molecular weight is 424 g/mol. The number of hydrogen-bond acceptors (Lipinski definition) is 5. The molecule has 0 aromatic heterocycles. The summed E-state index contributed by atoms with van der Waals surface area (Å²) in [5, 5.41) is 20.0. The molecule has 0 heterocycles. The third-order valence-corrected chi connectivity index (χ3v) is 5.72. The number of aliphatic hydroxyl groups is 1. The van der Waals surface area contributed by atoms with E-state index >= 15 is 0 Å². The third kappa shape index (κ3) is 4.18. The first-order valence-electron chi connectivity index (χ1n) is 7.21. The first-order valence-corrected chi connectivity index (χ1v) is 9.07. The predicted molar refractivity (Wildman–Crippen MR) is 90.3 cm³/mol. The smallest absolute Gasteiger partial charge is 0.426 e. The Labute approximate surface area is 157 Å². The van der Waals surface area contributed by atoms with E-state index in [2.05, 4.69) is 0 Å². The van der Waals surface area contributed by atoms with Crippen LogP contribution in [0.5, 0.6) is 5.75 Å². The Morgan fingerprint density at radius 2 is 1.59 bits per heavy atom. The first kappa shape index (κ1) is 21.0. The number of sulfone groups is 1. The van der Waals surface area contributed by atoms with Gasteiger partial charge in [-0.15, -0.1) is 0 Å². The van der Waals surface area contributed by atoms with Gasteiger partial charge in [0.2, 0.25) is 15.4 Å². The van der Waals surface area contributed by atoms with Crippen molar-refractivity contribution >= 4 is 33.0 Å². The third-order valence-electron chi connectivity index (χ3n) is 3.64. The molecule has 0 fully saturated rings. The van der Waals surface area contributed by atoms with Crippen LogP contribution in [0.25, 0.3) is 0 Å². The summed E-state index contributed by atoms with van der Waals surface area (Å²) >= 11 is 5.87. The molecule has 1 atom stereocenters. The Balaban J connectivity index is 2.33. The van der Waals surface area contributed by atoms with Gasteiger partial charge in [-0.05, 0) is 49.4 Å². The Kier molecular flexibility index (Phi) is 5.46. The summed E-state index contributed by atoms with van der Waals surface area (Å²) in [5.74, 6) is -1.91. The lowest BCUT2D eigenvalue weighted by Gasteiger charge is -2.25. The van der Waals surface area contributed by atoms with E-state index in [0.29, 0.717) is 0 Å². The lowest BCUT2D eigenvalue weighted by atomic mass is 10.1. The van der Waals surface area contributed by atoms with Gasteiger partial charge in [0.15, 0.2) is 0 Å². The van der Waals surface area contributed by atoms with Crippen LogP contribution in [0.15, 0.2) is 52.3 Å². The van der Waals surface area contributed by atoms with Gasteiger partial charge in [-0.3, -0.25) is 4.79 Å². The van der Waals surface area contributed by atoms with Gasteiger partial charge >= 0.3 is 6.18 Å². The minimum Gasteiger partial charge on any atom is -0.508 e. The number of rotatable bonds is 4. The summed E-state index contributed by atoms with van der Waals surface area (Å²) in [4.78, 5) is 11.3. The van der Waals surface area contributed by atoms with E-state index in [-0.39, 0.29) is 33.2 Å². The van der Waals surface area contributed by atoms with Gasteiger partial charge in [-0.2, -0.15) is 13.2 Å². The summed E-state index contributed by atoms with van der Waals surface area (Å²) in [5.41, 5.74) is -3.97. The standard InChI is InChI=1S/C16H13ClF3NO5S/c1-15(24,16(18,19)20)14(23)21-13-7-6-11(8-12(13)17)27(25,26)10-4-2-9(22)3-5-10/h2-8,22,24H,1H3,(H,21,23). The van der Waals surface area contributed by atoms with Crippen LogP contribution >= 0.6 is 11.6 Å². The number of hydrogen-bond donors (Lipinski definition) is 3. The second kappa shape index (κ2) is 7.02. The molecule has 6 nitrogen and oxygen atoms in total. The van der Waals surface area contributed by atoms with Crippen molar-refractivity contribution in [2.45, 2.75) is 28.5 Å². The Morgan fingerprint density at radius 3 is 2.07 bits per heavy atom. The molecular weight excluding hydrogens is 411 g/mol. The molecule has 2 aromatic carbocycles. The van der Waals surface area contributed by atoms with E-state index in [1.165, 1.54) is 12.1 Å². The second-order valence-corrected chi connectivity index (χ2v) is 8.02. The number of benzene rings is 2. The Hall–Kier alpha value is -2.30. The number of phenols is 1. The van der Waals surface area contributed by atoms with Crippen molar-refractivity contribution < 1.29 is 36.6 Å². The monoisotopic (exact) mass is 423 g/mol. The van der Waals surface area contributed by atoms with Crippen molar-refractivity contribution in [1.29, 1.82) is 0 Å². The number of halogens is 4. The van der Waals surface area contributed by atoms with Gasteiger partial charge in [0, 0.05) is 0 Å². The SMILES string of the molecule is CC(O)(C(=O)Nc1ccc(S(=O)(=O)c2ccc(O)cc2)cc1Cl)C(F)(F)F. The molecule has 0 spiro atoms. The molecule has 0 aliphatic rings. The summed E-state index contributed by atoms with van der Waals surface area (Å²) in [6.45, 7) is 0.278. The summed E-state index contributed by atoms with van der Waals surface area (Å²) in [6.07, 6.45) is -5.22. The van der Waals surface area contributed by atoms with Gasteiger partial charge in [0.1, 0.15) is 5.75 Å². The molecule has 0 radical (unpaired) electrons. The quantitative estimate of drug-likeness (QED) is 0.701. The number of amides is 1. The zero-order valence-electron chi connectivity index (χ0n) is 13.6. The minimum absolute atomic E-state index is 0.137. The van der Waals surface area contributed by atoms with Crippen molar-refractivity contribution in [2.24, 2.45) is 0 Å². The molecule has 1 unspecified atom stereocenters. The molecule has 0 aliphatic heterocycles. The van der Waals surface area contributed by atoms with Crippen molar-refractivity contribution in [3.63, 3.8) is 0 Å². The predicted octanol–water partition coefficient (Wildman–Crippen LogP) is 3.13. The minimum atomic E-state index is -5.22. The van der Waals surface area contributed by atoms with Crippen LogP contribution in [0, 0.1) is 0 Å². The zero-order valence-corrected chi connectivity index (χ0v) is 15.2. The van der Waals surface area contributed by atoms with Crippen molar-refractivity contribution in [3.05, 3.63) is 47.5 Å². The van der Waals surface area contributed by atoms with Crippen LogP contribution in [0.2, 0.25) is 5.02 Å². The van der Waals surface area contributed by atoms with Gasteiger partial charge < -0.3 is 15.5 Å². The lowest BCUT2D eigenvalue weighted by Crippen LogP contribution is -2.52. The Bertz CT molecular complexity index is 973. The molecule has 0 saturated heterocycles. The van der Waals surface area contributed by atoms with E-state index < -0.39 is 27.5 Å². The number of alkyl halides is 3. The second-order valence-electron chi connectivity index (χ2n) is 5.66. The number of anilines is 1. The summed E-state index contributed by atoms with van der Waals surface area (Å²) in [6, 6.07) is 7.64. The summed E-state index contributed by atoms with van der Waals surface area (Å²) in [7, 11) is -4.01. The fourth-order valence-corrected chi connectivity index (χ4v) is 3.48. The van der Waals surface area contributed by atoms with Crippen LogP contribution in [-0.4, -0.2) is 36.3 Å². The highest BCUT2D eigenvalue weighted by Gasteiger charge is 2.55. The molecule has 0 saturated carbocycles. The van der Waals surface area contributed by atoms with E-state index in [0.717, 1.165) is 30.3 Å². The maximum Gasteiger partial charge on any atom is 0.426 e. The number of aromatic hydroxyl groups is 1. The fourth-order valence-electron chi connectivity index (χ4n) is 1.90. The maximum atomic E-state index is 12.7. The molecule has 0 bridgehead atoms. The molecule has 3 N–H and O–H groups in total. The molecule has 2 rings (SSSR count). The van der Waals surface area contributed by atoms with Gasteiger partial charge in [0.05, 0.1) is 20.5 Å². The van der Waals surface area contributed by atoms with Crippen LogP contribution < -0.4 is 5.32 Å². The molecule has 27 heavy (non-hydrogen) atoms. The highest BCUT2D eigenvalue weighted by molar-refractivity contribution is 7.91. The lowest BCUT2D eigenvalue weighted by molar-refractivity contribution is -0.242. The van der Waals surface area contributed by atoms with Crippen LogP contribution in [0.3, 0.4) is 0 Å². The molecular formula is C16H13ClF3NO5S. The average Bonchev–Trinajstić information content (AvgIpc) is 2.55. The summed E-state index contributed by atoms with van der Waals surface area (Å²) < 4.78 is 63.1. The van der Waals surface area contributed by atoms with Crippen molar-refractivity contribution in [2.75, 3.05) is 5.32 Å². The highest BCUT2D eigenvalue weighted by atomic mass is 35.5. The molecule has 2 aromatic rings. The van der Waals surface area contributed by atoms with Crippen LogP contribution in [0.4, 0.5) is 18.9 Å². The van der Waals surface area contributed by atoms with Gasteiger partial charge in [-0.1, -0.05) is 11.6 Å². The molecule has 0 aliphatic carbocycles. The number of phenolic OH excluding ortho intramolecular Hbond substituents is 1. The van der Waals surface area contributed by atoms with Crippen molar-refractivity contribution in [3.8, 4) is 5.75 Å². The van der Waals surface area contributed by atoms with E-state index in [1.54, 1.807) is 0 Å². The van der Waals surface area contributed by atoms with E-state index in [1.807, 2.05) is 5.32 Å². The van der Waals surface area contributed by atoms with Crippen LogP contribution in [-0.2, 0) is 14.6 Å². The van der Waals surface area contributed by atoms with Gasteiger partial charge in [-0.25, -0.2) is 8.42 Å². The number of nitrogens with one attached hydrogen (secondary N) is 1. The van der Waals surface area contributed by atoms with Gasteiger partial charge in [0.25, 0.3) is 5.91 Å². The zero-order chi connectivity index (χ0) is 20.6. The normalized spacial score (nSPS) is 14.4. The van der Waals surface area contributed by atoms with E-state index in [4.69, 9.17) is 11.6 Å². The number of carbonyl (C=O) groups is 1. The topological polar surface area (TPSA) is 104 Å². The highest BCUT2D eigenvalue weighted by Crippen LogP contribution is 2.33. The molecule has 1 amide bonds. The molecule has 146 valence electrons. The molecule has 11 heteroatoms. The fraction of sp³-hybridized carbons (Fsp3) is 0.188. The van der Waals surface area contributed by atoms with Crippen LogP contribution in [0.1, 0.15) is 6.92 Å². The first-order chi connectivity index (χ1) is 12.3. The maximum absolute atomic E-state index is 12.7. The Morgan fingerprint density at radius 1 is 1.07 bits per heavy atom. The largest absolute Gasteiger partial charge is 0.508 e. The number of carbonyl (C=O) groups excluding carboxylic acids is 1. The van der Waals surface area contributed by atoms with Crippen molar-refractivity contribution in [1.82, 2.24) is 0 Å². The van der Waals surface area contributed by atoms with E-state index in [9.17, 15) is 36.6 Å².